The van der Waals surface area contributed by atoms with Crippen LogP contribution >= 0.6 is 0 Å². The summed E-state index contributed by atoms with van der Waals surface area (Å²) in [6.07, 6.45) is 5.98. The van der Waals surface area contributed by atoms with Crippen LogP contribution in [0.5, 0.6) is 0 Å². The van der Waals surface area contributed by atoms with Crippen LogP contribution in [0.4, 0.5) is 4.79 Å². The van der Waals surface area contributed by atoms with Crippen molar-refractivity contribution in [2.75, 3.05) is 20.2 Å². The minimum Gasteiger partial charge on any atom is -0.376 e. The summed E-state index contributed by atoms with van der Waals surface area (Å²) in [5, 5.41) is 6.96. The Balaban J connectivity index is 1.74. The first-order valence-corrected chi connectivity index (χ1v) is 6.23. The van der Waals surface area contributed by atoms with E-state index >= 15 is 0 Å². The van der Waals surface area contributed by atoms with Crippen molar-refractivity contribution in [1.29, 1.82) is 0 Å². The quantitative estimate of drug-likeness (QED) is 0.860. The number of carbonyl (C=O) groups is 1. The number of carbonyl (C=O) groups excluding carboxylic acids is 1. The molecular formula is C12H20N4O2. The molecule has 1 aliphatic rings. The summed E-state index contributed by atoms with van der Waals surface area (Å²) in [5.41, 5.74) is 1.02. The molecule has 0 spiro atoms. The van der Waals surface area contributed by atoms with E-state index in [0.717, 1.165) is 25.0 Å². The van der Waals surface area contributed by atoms with Gasteiger partial charge in [0.1, 0.15) is 0 Å². The molecule has 1 saturated heterocycles. The van der Waals surface area contributed by atoms with Crippen LogP contribution in [0.1, 0.15) is 18.4 Å². The predicted molar refractivity (Wildman–Crippen MR) is 67.0 cm³/mol. The van der Waals surface area contributed by atoms with E-state index in [1.54, 1.807) is 22.8 Å². The molecule has 6 nitrogen and oxygen atoms in total. The van der Waals surface area contributed by atoms with Crippen LogP contribution in [-0.2, 0) is 18.3 Å². The molecule has 1 aliphatic heterocycles. The normalized spacial score (nSPS) is 18.9. The van der Waals surface area contributed by atoms with Crippen LogP contribution in [0, 0.1) is 0 Å². The van der Waals surface area contributed by atoms with E-state index in [0.29, 0.717) is 13.1 Å². The molecule has 0 saturated carbocycles. The third kappa shape index (κ3) is 3.46. The molecule has 6 heteroatoms. The summed E-state index contributed by atoms with van der Waals surface area (Å²) in [5.74, 6) is 0. The highest BCUT2D eigenvalue weighted by Crippen LogP contribution is 2.10. The second-order valence-electron chi connectivity index (χ2n) is 4.70. The van der Waals surface area contributed by atoms with Crippen LogP contribution in [0.2, 0.25) is 0 Å². The van der Waals surface area contributed by atoms with E-state index in [9.17, 15) is 4.79 Å². The number of ether oxygens (including phenoxy) is 1. The lowest BCUT2D eigenvalue weighted by molar-refractivity contribution is 0.109. The Morgan fingerprint density at radius 2 is 2.56 bits per heavy atom. The molecule has 2 amide bonds. The van der Waals surface area contributed by atoms with E-state index in [1.807, 2.05) is 13.2 Å². The number of rotatable bonds is 4. The first kappa shape index (κ1) is 12.9. The predicted octanol–water partition coefficient (Wildman–Crippen LogP) is 0.740. The summed E-state index contributed by atoms with van der Waals surface area (Å²) in [6, 6.07) is -0.0747. The lowest BCUT2D eigenvalue weighted by Gasteiger charge is -2.18. The van der Waals surface area contributed by atoms with Crippen LogP contribution < -0.4 is 5.32 Å². The molecule has 1 N–H and O–H groups in total. The maximum atomic E-state index is 11.8. The lowest BCUT2D eigenvalue weighted by atomic mass is 10.2. The molecule has 0 bridgehead atoms. The van der Waals surface area contributed by atoms with Gasteiger partial charge in [-0.1, -0.05) is 0 Å². The zero-order valence-corrected chi connectivity index (χ0v) is 10.9. The Kier molecular flexibility index (Phi) is 4.19. The Bertz CT molecular complexity index is 399. The van der Waals surface area contributed by atoms with Gasteiger partial charge in [0, 0.05) is 39.0 Å². The number of hydrogen-bond acceptors (Lipinski definition) is 3. The molecule has 1 fully saturated rings. The fourth-order valence-corrected chi connectivity index (χ4v) is 2.04. The molecular weight excluding hydrogens is 232 g/mol. The first-order chi connectivity index (χ1) is 8.65. The molecule has 1 atom stereocenters. The van der Waals surface area contributed by atoms with Gasteiger partial charge in [-0.3, -0.25) is 4.68 Å². The summed E-state index contributed by atoms with van der Waals surface area (Å²) in [6.45, 7) is 1.97. The van der Waals surface area contributed by atoms with Gasteiger partial charge in [-0.15, -0.1) is 0 Å². The number of nitrogens with zero attached hydrogens (tertiary/aromatic N) is 3. The SMILES string of the molecule is CN(Cc1cnn(C)c1)C(=O)NCC1CCCO1. The summed E-state index contributed by atoms with van der Waals surface area (Å²) in [7, 11) is 3.64. The van der Waals surface area contributed by atoms with Crippen LogP contribution in [-0.4, -0.2) is 47.0 Å². The standard InChI is InChI=1S/C12H20N4O2/c1-15(8-10-6-14-16(2)9-10)12(17)13-7-11-4-3-5-18-11/h6,9,11H,3-5,7-8H2,1-2H3,(H,13,17). The fraction of sp³-hybridized carbons (Fsp3) is 0.667. The van der Waals surface area contributed by atoms with Crippen molar-refractivity contribution in [2.24, 2.45) is 7.05 Å². The largest absolute Gasteiger partial charge is 0.376 e. The van der Waals surface area contributed by atoms with E-state index < -0.39 is 0 Å². The number of hydrogen-bond donors (Lipinski definition) is 1. The molecule has 100 valence electrons. The minimum absolute atomic E-state index is 0.0747. The molecule has 2 rings (SSSR count). The van der Waals surface area contributed by atoms with E-state index in [1.165, 1.54) is 0 Å². The smallest absolute Gasteiger partial charge is 0.317 e. The zero-order chi connectivity index (χ0) is 13.0. The van der Waals surface area contributed by atoms with E-state index in [4.69, 9.17) is 4.74 Å². The summed E-state index contributed by atoms with van der Waals surface area (Å²) < 4.78 is 7.19. The Labute approximate surface area is 107 Å². The number of aryl methyl sites for hydroxylation is 1. The monoisotopic (exact) mass is 252 g/mol. The van der Waals surface area contributed by atoms with Gasteiger partial charge in [-0.2, -0.15) is 5.10 Å². The van der Waals surface area contributed by atoms with Crippen LogP contribution in [0.15, 0.2) is 12.4 Å². The zero-order valence-electron chi connectivity index (χ0n) is 10.9. The summed E-state index contributed by atoms with van der Waals surface area (Å²) in [4.78, 5) is 13.5. The van der Waals surface area contributed by atoms with Gasteiger partial charge < -0.3 is 15.0 Å². The van der Waals surface area contributed by atoms with Crippen molar-refractivity contribution < 1.29 is 9.53 Å². The maximum absolute atomic E-state index is 11.8. The third-order valence-corrected chi connectivity index (χ3v) is 3.03. The van der Waals surface area contributed by atoms with E-state index in [2.05, 4.69) is 10.4 Å². The van der Waals surface area contributed by atoms with Crippen molar-refractivity contribution in [3.8, 4) is 0 Å². The van der Waals surface area contributed by atoms with E-state index in [-0.39, 0.29) is 12.1 Å². The number of urea groups is 1. The van der Waals surface area contributed by atoms with Gasteiger partial charge in [0.15, 0.2) is 0 Å². The highest BCUT2D eigenvalue weighted by molar-refractivity contribution is 5.73. The number of amides is 2. The highest BCUT2D eigenvalue weighted by Gasteiger charge is 2.17. The molecule has 2 heterocycles. The van der Waals surface area contributed by atoms with Crippen molar-refractivity contribution in [3.05, 3.63) is 18.0 Å². The molecule has 1 unspecified atom stereocenters. The van der Waals surface area contributed by atoms with Crippen LogP contribution in [0.3, 0.4) is 0 Å². The lowest BCUT2D eigenvalue weighted by Crippen LogP contribution is -2.40. The Morgan fingerprint density at radius 1 is 1.72 bits per heavy atom. The van der Waals surface area contributed by atoms with Gasteiger partial charge in [0.05, 0.1) is 18.8 Å². The molecule has 0 aromatic carbocycles. The molecule has 1 aromatic rings. The minimum atomic E-state index is -0.0747. The average molecular weight is 252 g/mol. The fourth-order valence-electron chi connectivity index (χ4n) is 2.04. The second-order valence-corrected chi connectivity index (χ2v) is 4.70. The Morgan fingerprint density at radius 3 is 3.17 bits per heavy atom. The summed E-state index contributed by atoms with van der Waals surface area (Å²) >= 11 is 0. The van der Waals surface area contributed by atoms with Crippen molar-refractivity contribution in [2.45, 2.75) is 25.5 Å². The highest BCUT2D eigenvalue weighted by atomic mass is 16.5. The van der Waals surface area contributed by atoms with Crippen LogP contribution in [0.25, 0.3) is 0 Å². The van der Waals surface area contributed by atoms with Crippen molar-refractivity contribution >= 4 is 6.03 Å². The average Bonchev–Trinajstić information content (AvgIpc) is 2.97. The molecule has 0 radical (unpaired) electrons. The second kappa shape index (κ2) is 5.86. The Hall–Kier alpha value is -1.56. The van der Waals surface area contributed by atoms with Crippen molar-refractivity contribution in [1.82, 2.24) is 20.0 Å². The van der Waals surface area contributed by atoms with Gasteiger partial charge in [-0.25, -0.2) is 4.79 Å². The van der Waals surface area contributed by atoms with Gasteiger partial charge in [0.2, 0.25) is 0 Å². The van der Waals surface area contributed by atoms with Gasteiger partial charge in [-0.05, 0) is 12.8 Å². The maximum Gasteiger partial charge on any atom is 0.317 e. The number of nitrogens with one attached hydrogen (secondary N) is 1. The molecule has 1 aromatic heterocycles. The first-order valence-electron chi connectivity index (χ1n) is 6.23. The van der Waals surface area contributed by atoms with Gasteiger partial charge in [0.25, 0.3) is 0 Å². The van der Waals surface area contributed by atoms with Crippen molar-refractivity contribution in [3.63, 3.8) is 0 Å². The topological polar surface area (TPSA) is 59.4 Å². The molecule has 0 aliphatic carbocycles. The third-order valence-electron chi connectivity index (χ3n) is 3.03. The molecule has 18 heavy (non-hydrogen) atoms. The van der Waals surface area contributed by atoms with Gasteiger partial charge >= 0.3 is 6.03 Å². The number of aromatic nitrogens is 2.